The van der Waals surface area contributed by atoms with Gasteiger partial charge in [-0.3, -0.25) is 0 Å². The Kier molecular flexibility index (Phi) is 4.73. The van der Waals surface area contributed by atoms with Crippen LogP contribution in [0, 0.1) is 0 Å². The van der Waals surface area contributed by atoms with E-state index in [9.17, 15) is 8.42 Å². The smallest absolute Gasteiger partial charge is 0.236 e. The first-order valence-electron chi connectivity index (χ1n) is 6.06. The minimum absolute atomic E-state index is 0.152. The van der Waals surface area contributed by atoms with E-state index in [4.69, 9.17) is 4.42 Å². The molecule has 0 fully saturated rings. The van der Waals surface area contributed by atoms with E-state index in [1.54, 1.807) is 0 Å². The van der Waals surface area contributed by atoms with Gasteiger partial charge in [-0.15, -0.1) is 11.3 Å². The number of hydrogen-bond acceptors (Lipinski definition) is 5. The highest BCUT2D eigenvalue weighted by Crippen LogP contribution is 2.23. The third-order valence-electron chi connectivity index (χ3n) is 2.52. The molecule has 2 rings (SSSR count). The molecule has 19 heavy (non-hydrogen) atoms. The van der Waals surface area contributed by atoms with E-state index in [0.29, 0.717) is 18.0 Å². The van der Waals surface area contributed by atoms with Crippen molar-refractivity contribution < 1.29 is 12.8 Å². The molecule has 0 aromatic carbocycles. The predicted octanol–water partition coefficient (Wildman–Crippen LogP) is 2.62. The third-order valence-corrected chi connectivity index (χ3v) is 4.79. The van der Waals surface area contributed by atoms with E-state index in [-0.39, 0.29) is 12.3 Å². The first kappa shape index (κ1) is 14.2. The highest BCUT2D eigenvalue weighted by atomic mass is 32.2. The molecule has 104 valence electrons. The van der Waals surface area contributed by atoms with Crippen LogP contribution in [-0.2, 0) is 16.6 Å². The molecule has 0 unspecified atom stereocenters. The Morgan fingerprint density at radius 2 is 2.32 bits per heavy atom. The number of oxazole rings is 1. The van der Waals surface area contributed by atoms with Gasteiger partial charge in [0.15, 0.2) is 0 Å². The summed E-state index contributed by atoms with van der Waals surface area (Å²) in [6, 6.07) is 3.82. The molecule has 0 aliphatic rings. The first-order valence-corrected chi connectivity index (χ1v) is 8.59. The van der Waals surface area contributed by atoms with Crippen LogP contribution in [-0.4, -0.2) is 19.2 Å². The first-order chi connectivity index (χ1) is 9.11. The minimum atomic E-state index is -3.22. The second kappa shape index (κ2) is 6.31. The van der Waals surface area contributed by atoms with Gasteiger partial charge in [-0.2, -0.15) is 0 Å². The van der Waals surface area contributed by atoms with Crippen LogP contribution in [0.25, 0.3) is 10.8 Å². The summed E-state index contributed by atoms with van der Waals surface area (Å²) in [5.41, 5.74) is 0.587. The summed E-state index contributed by atoms with van der Waals surface area (Å²) in [6.45, 7) is 2.13. The normalized spacial score (nSPS) is 11.8. The number of thiophene rings is 1. The van der Waals surface area contributed by atoms with Gasteiger partial charge in [0.05, 0.1) is 22.9 Å². The molecule has 0 bridgehead atoms. The van der Waals surface area contributed by atoms with Gasteiger partial charge in [0, 0.05) is 0 Å². The fourth-order valence-corrected chi connectivity index (χ4v) is 3.33. The third kappa shape index (κ3) is 4.15. The maximum atomic E-state index is 11.6. The molecule has 2 heterocycles. The highest BCUT2D eigenvalue weighted by Gasteiger charge is 2.12. The van der Waals surface area contributed by atoms with Crippen molar-refractivity contribution in [3.05, 3.63) is 29.5 Å². The fourth-order valence-electron chi connectivity index (χ4n) is 1.49. The zero-order chi connectivity index (χ0) is 13.7. The Balaban J connectivity index is 1.94. The molecule has 0 aliphatic carbocycles. The average molecular weight is 300 g/mol. The van der Waals surface area contributed by atoms with Crippen molar-refractivity contribution in [1.29, 1.82) is 0 Å². The lowest BCUT2D eigenvalue weighted by Gasteiger charge is -2.03. The molecule has 0 spiro atoms. The molecule has 0 saturated carbocycles. The lowest BCUT2D eigenvalue weighted by Crippen LogP contribution is -2.26. The quantitative estimate of drug-likeness (QED) is 0.853. The van der Waals surface area contributed by atoms with E-state index < -0.39 is 10.0 Å². The van der Waals surface area contributed by atoms with E-state index in [1.165, 1.54) is 17.6 Å². The Hall–Kier alpha value is -1.18. The molecule has 7 heteroatoms. The molecule has 0 radical (unpaired) electrons. The number of nitrogens with zero attached hydrogens (tertiary/aromatic N) is 1. The molecule has 2 aromatic rings. The second-order valence-corrected chi connectivity index (χ2v) is 6.99. The molecular weight excluding hydrogens is 284 g/mol. The number of sulfonamides is 1. The molecule has 5 nitrogen and oxygen atoms in total. The molecule has 0 atom stereocenters. The molecule has 2 aromatic heterocycles. The zero-order valence-electron chi connectivity index (χ0n) is 10.6. The topological polar surface area (TPSA) is 72.2 Å². The van der Waals surface area contributed by atoms with Gasteiger partial charge in [-0.1, -0.05) is 19.4 Å². The Bertz CT molecular complexity index is 603. The van der Waals surface area contributed by atoms with Gasteiger partial charge in [-0.25, -0.2) is 18.1 Å². The lowest BCUT2D eigenvalue weighted by molar-refractivity contribution is 0.570. The van der Waals surface area contributed by atoms with Crippen LogP contribution < -0.4 is 4.72 Å². The Labute approximate surface area is 116 Å². The van der Waals surface area contributed by atoms with Gasteiger partial charge >= 0.3 is 0 Å². The number of rotatable bonds is 7. The van der Waals surface area contributed by atoms with Crippen LogP contribution in [0.4, 0.5) is 0 Å². The molecular formula is C12H16N2O3S2. The summed E-state index contributed by atoms with van der Waals surface area (Å²) in [5, 5.41) is 1.94. The average Bonchev–Trinajstić information content (AvgIpc) is 3.04. The Morgan fingerprint density at radius 3 is 3.00 bits per heavy atom. The van der Waals surface area contributed by atoms with Crippen LogP contribution in [0.15, 0.2) is 28.2 Å². The monoisotopic (exact) mass is 300 g/mol. The van der Waals surface area contributed by atoms with Crippen molar-refractivity contribution in [2.45, 2.75) is 26.3 Å². The van der Waals surface area contributed by atoms with Gasteiger partial charge in [0.2, 0.25) is 15.9 Å². The van der Waals surface area contributed by atoms with E-state index in [1.807, 2.05) is 24.4 Å². The van der Waals surface area contributed by atoms with Crippen molar-refractivity contribution in [3.8, 4) is 10.8 Å². The van der Waals surface area contributed by atoms with Crippen molar-refractivity contribution in [2.75, 3.05) is 5.75 Å². The summed E-state index contributed by atoms with van der Waals surface area (Å²) in [4.78, 5) is 5.18. The van der Waals surface area contributed by atoms with Crippen molar-refractivity contribution >= 4 is 21.4 Å². The number of hydrogen-bond donors (Lipinski definition) is 1. The maximum absolute atomic E-state index is 11.6. The summed E-state index contributed by atoms with van der Waals surface area (Å²) in [7, 11) is -3.22. The standard InChI is InChI=1S/C12H16N2O3S2/c1-2-3-7-19(15,16)13-8-10-9-17-12(14-10)11-5-4-6-18-11/h4-6,9,13H,2-3,7-8H2,1H3. The number of nitrogens with one attached hydrogen (secondary N) is 1. The molecule has 0 aliphatic heterocycles. The highest BCUT2D eigenvalue weighted by molar-refractivity contribution is 7.89. The van der Waals surface area contributed by atoms with E-state index >= 15 is 0 Å². The van der Waals surface area contributed by atoms with E-state index in [0.717, 1.165) is 11.3 Å². The summed E-state index contributed by atoms with van der Waals surface area (Å²) >= 11 is 1.53. The number of unbranched alkanes of at least 4 members (excludes halogenated alkanes) is 1. The van der Waals surface area contributed by atoms with Crippen molar-refractivity contribution in [2.24, 2.45) is 0 Å². The zero-order valence-corrected chi connectivity index (χ0v) is 12.3. The molecule has 0 amide bonds. The predicted molar refractivity (Wildman–Crippen MR) is 75.4 cm³/mol. The van der Waals surface area contributed by atoms with E-state index in [2.05, 4.69) is 9.71 Å². The largest absolute Gasteiger partial charge is 0.444 e. The van der Waals surface area contributed by atoms with Crippen LogP contribution in [0.2, 0.25) is 0 Å². The summed E-state index contributed by atoms with van der Waals surface area (Å²) in [5.74, 6) is 0.678. The van der Waals surface area contributed by atoms with Crippen LogP contribution in [0.5, 0.6) is 0 Å². The SMILES string of the molecule is CCCCS(=O)(=O)NCc1coc(-c2cccs2)n1. The van der Waals surface area contributed by atoms with Crippen molar-refractivity contribution in [1.82, 2.24) is 9.71 Å². The van der Waals surface area contributed by atoms with Crippen molar-refractivity contribution in [3.63, 3.8) is 0 Å². The van der Waals surface area contributed by atoms with Gasteiger partial charge in [-0.05, 0) is 17.9 Å². The van der Waals surface area contributed by atoms with Crippen LogP contribution in [0.3, 0.4) is 0 Å². The lowest BCUT2D eigenvalue weighted by atomic mass is 10.4. The van der Waals surface area contributed by atoms with Gasteiger partial charge < -0.3 is 4.42 Å². The van der Waals surface area contributed by atoms with Gasteiger partial charge in [0.25, 0.3) is 0 Å². The van der Waals surface area contributed by atoms with Crippen LogP contribution >= 0.6 is 11.3 Å². The molecule has 0 saturated heterocycles. The fraction of sp³-hybridized carbons (Fsp3) is 0.417. The number of aromatic nitrogens is 1. The second-order valence-electron chi connectivity index (χ2n) is 4.11. The molecule has 1 N–H and O–H groups in total. The minimum Gasteiger partial charge on any atom is -0.444 e. The van der Waals surface area contributed by atoms with Gasteiger partial charge in [0.1, 0.15) is 6.26 Å². The Morgan fingerprint density at radius 1 is 1.47 bits per heavy atom. The summed E-state index contributed by atoms with van der Waals surface area (Å²) in [6.07, 6.45) is 3.00. The maximum Gasteiger partial charge on any atom is 0.236 e. The van der Waals surface area contributed by atoms with Crippen LogP contribution in [0.1, 0.15) is 25.5 Å². The summed E-state index contributed by atoms with van der Waals surface area (Å²) < 4.78 is 31.1.